The Hall–Kier alpha value is -3.09. The topological polar surface area (TPSA) is 93.8 Å². The lowest BCUT2D eigenvalue weighted by atomic mass is 10.1. The third-order valence-electron chi connectivity index (χ3n) is 3.51. The lowest BCUT2D eigenvalue weighted by molar-refractivity contribution is 0.0691. The first-order valence-electron chi connectivity index (χ1n) is 7.15. The maximum absolute atomic E-state index is 11.0. The highest BCUT2D eigenvalue weighted by Crippen LogP contribution is 2.21. The molecule has 7 heteroatoms. The minimum atomic E-state index is -1.07. The monoisotopic (exact) mass is 309 g/mol. The van der Waals surface area contributed by atoms with Crippen LogP contribution in [0.3, 0.4) is 0 Å². The van der Waals surface area contributed by atoms with Crippen LogP contribution in [0.1, 0.15) is 28.7 Å². The van der Waals surface area contributed by atoms with Crippen molar-refractivity contribution >= 4 is 5.97 Å². The Labute approximate surface area is 132 Å². The average Bonchev–Trinajstić information content (AvgIpc) is 3.05. The number of hydrogen-bond acceptors (Lipinski definition) is 5. The molecule has 0 bridgehead atoms. The van der Waals surface area contributed by atoms with Gasteiger partial charge in [-0.2, -0.15) is 0 Å². The number of imidazole rings is 1. The zero-order valence-corrected chi connectivity index (χ0v) is 12.8. The van der Waals surface area contributed by atoms with Gasteiger partial charge in [-0.3, -0.25) is 9.55 Å². The summed E-state index contributed by atoms with van der Waals surface area (Å²) in [6, 6.07) is 3.70. The van der Waals surface area contributed by atoms with E-state index in [0.29, 0.717) is 11.6 Å². The largest absolute Gasteiger partial charge is 0.476 e. The molecule has 0 amide bonds. The molecule has 0 fully saturated rings. The first-order chi connectivity index (χ1) is 11.1. The summed E-state index contributed by atoms with van der Waals surface area (Å²) >= 11 is 0. The van der Waals surface area contributed by atoms with E-state index < -0.39 is 5.97 Å². The summed E-state index contributed by atoms with van der Waals surface area (Å²) in [4.78, 5) is 28.2. The van der Waals surface area contributed by atoms with Crippen molar-refractivity contribution in [2.24, 2.45) is 0 Å². The fourth-order valence-corrected chi connectivity index (χ4v) is 2.38. The number of pyridine rings is 1. The molecule has 0 saturated heterocycles. The first kappa shape index (κ1) is 14.8. The van der Waals surface area contributed by atoms with Crippen LogP contribution in [0.5, 0.6) is 0 Å². The van der Waals surface area contributed by atoms with E-state index in [4.69, 9.17) is 5.11 Å². The summed E-state index contributed by atoms with van der Waals surface area (Å²) in [5.74, 6) is 0.118. The number of carbonyl (C=O) groups is 1. The number of rotatable bonds is 4. The molecule has 0 aliphatic carbocycles. The quantitative estimate of drug-likeness (QED) is 0.794. The Balaban J connectivity index is 2.17. The van der Waals surface area contributed by atoms with Gasteiger partial charge in [0.1, 0.15) is 12.1 Å². The standard InChI is InChI=1S/C16H15N5O2/c1-3-12-10(2)19-14(11-5-4-6-17-7-11)20-15(12)21-8-13(16(22)23)18-9-21/h4-9H,3H2,1-2H3,(H,22,23). The lowest BCUT2D eigenvalue weighted by Gasteiger charge is -2.12. The van der Waals surface area contributed by atoms with Gasteiger partial charge in [-0.15, -0.1) is 0 Å². The minimum absolute atomic E-state index is 0.0220. The summed E-state index contributed by atoms with van der Waals surface area (Å²) in [5.41, 5.74) is 2.58. The molecule has 0 unspecified atom stereocenters. The Morgan fingerprint density at radius 3 is 2.78 bits per heavy atom. The fraction of sp³-hybridized carbons (Fsp3) is 0.188. The summed E-state index contributed by atoms with van der Waals surface area (Å²) in [6.07, 6.45) is 7.02. The van der Waals surface area contributed by atoms with Gasteiger partial charge >= 0.3 is 5.97 Å². The molecule has 0 atom stereocenters. The number of carboxylic acid groups (broad SMARTS) is 1. The molecular formula is C16H15N5O2. The number of nitrogens with zero attached hydrogens (tertiary/aromatic N) is 5. The molecule has 3 heterocycles. The van der Waals surface area contributed by atoms with E-state index in [1.54, 1.807) is 17.0 Å². The molecule has 0 saturated carbocycles. The van der Waals surface area contributed by atoms with E-state index in [9.17, 15) is 4.79 Å². The second-order valence-electron chi connectivity index (χ2n) is 5.00. The van der Waals surface area contributed by atoms with Gasteiger partial charge < -0.3 is 5.11 Å². The lowest BCUT2D eigenvalue weighted by Crippen LogP contribution is -2.07. The van der Waals surface area contributed by atoms with Crippen molar-refractivity contribution in [2.45, 2.75) is 20.3 Å². The Morgan fingerprint density at radius 2 is 2.17 bits per heavy atom. The van der Waals surface area contributed by atoms with E-state index in [1.165, 1.54) is 12.5 Å². The highest BCUT2D eigenvalue weighted by atomic mass is 16.4. The fourth-order valence-electron chi connectivity index (χ4n) is 2.38. The van der Waals surface area contributed by atoms with Crippen LogP contribution in [0.4, 0.5) is 0 Å². The van der Waals surface area contributed by atoms with Crippen LogP contribution in [-0.2, 0) is 6.42 Å². The van der Waals surface area contributed by atoms with E-state index in [2.05, 4.69) is 19.9 Å². The second-order valence-corrected chi connectivity index (χ2v) is 5.00. The average molecular weight is 309 g/mol. The molecule has 23 heavy (non-hydrogen) atoms. The zero-order chi connectivity index (χ0) is 16.4. The molecule has 3 aromatic rings. The van der Waals surface area contributed by atoms with E-state index in [1.807, 2.05) is 26.0 Å². The normalized spacial score (nSPS) is 10.7. The van der Waals surface area contributed by atoms with Crippen molar-refractivity contribution in [3.8, 4) is 17.2 Å². The van der Waals surface area contributed by atoms with E-state index >= 15 is 0 Å². The van der Waals surface area contributed by atoms with Gasteiger partial charge in [-0.05, 0) is 25.5 Å². The highest BCUT2D eigenvalue weighted by molar-refractivity contribution is 5.85. The van der Waals surface area contributed by atoms with Crippen LogP contribution in [0.15, 0.2) is 37.1 Å². The second kappa shape index (κ2) is 5.96. The molecule has 0 aromatic carbocycles. The molecule has 116 valence electrons. The molecule has 3 rings (SSSR count). The summed E-state index contributed by atoms with van der Waals surface area (Å²) in [6.45, 7) is 3.92. The SMILES string of the molecule is CCc1c(C)nc(-c2cccnc2)nc1-n1cnc(C(=O)O)c1. The van der Waals surface area contributed by atoms with Crippen molar-refractivity contribution in [3.05, 3.63) is 54.0 Å². The minimum Gasteiger partial charge on any atom is -0.476 e. The maximum atomic E-state index is 11.0. The molecule has 0 aliphatic rings. The summed E-state index contributed by atoms with van der Waals surface area (Å²) < 4.78 is 1.62. The van der Waals surface area contributed by atoms with Gasteiger partial charge in [-0.25, -0.2) is 19.7 Å². The number of aromatic nitrogens is 5. The zero-order valence-electron chi connectivity index (χ0n) is 12.8. The van der Waals surface area contributed by atoms with Crippen molar-refractivity contribution < 1.29 is 9.90 Å². The van der Waals surface area contributed by atoms with Gasteiger partial charge in [0.25, 0.3) is 0 Å². The molecule has 1 N–H and O–H groups in total. The molecule has 3 aromatic heterocycles. The third kappa shape index (κ3) is 2.80. The van der Waals surface area contributed by atoms with Crippen LogP contribution in [0.25, 0.3) is 17.2 Å². The Kier molecular flexibility index (Phi) is 3.84. The van der Waals surface area contributed by atoms with E-state index in [-0.39, 0.29) is 5.69 Å². The predicted octanol–water partition coefficient (Wildman–Crippen LogP) is 2.29. The van der Waals surface area contributed by atoms with Crippen molar-refractivity contribution in [1.29, 1.82) is 0 Å². The van der Waals surface area contributed by atoms with Gasteiger partial charge in [0, 0.05) is 35.4 Å². The van der Waals surface area contributed by atoms with E-state index in [0.717, 1.165) is 23.2 Å². The van der Waals surface area contributed by atoms with Crippen molar-refractivity contribution in [1.82, 2.24) is 24.5 Å². The van der Waals surface area contributed by atoms with Crippen LogP contribution in [-0.4, -0.2) is 35.6 Å². The number of carboxylic acids is 1. The molecule has 0 aliphatic heterocycles. The molecule has 0 spiro atoms. The van der Waals surface area contributed by atoms with Gasteiger partial charge in [0.2, 0.25) is 0 Å². The predicted molar refractivity (Wildman–Crippen MR) is 83.5 cm³/mol. The maximum Gasteiger partial charge on any atom is 0.356 e. The Bertz CT molecular complexity index is 858. The molecular weight excluding hydrogens is 294 g/mol. The van der Waals surface area contributed by atoms with Crippen LogP contribution < -0.4 is 0 Å². The Morgan fingerprint density at radius 1 is 1.35 bits per heavy atom. The van der Waals surface area contributed by atoms with Crippen LogP contribution in [0, 0.1) is 6.92 Å². The molecule has 7 nitrogen and oxygen atoms in total. The van der Waals surface area contributed by atoms with Crippen molar-refractivity contribution in [2.75, 3.05) is 0 Å². The number of hydrogen-bond donors (Lipinski definition) is 1. The number of aromatic carboxylic acids is 1. The summed E-state index contributed by atoms with van der Waals surface area (Å²) in [7, 11) is 0. The third-order valence-corrected chi connectivity index (χ3v) is 3.51. The van der Waals surface area contributed by atoms with Crippen LogP contribution in [0.2, 0.25) is 0 Å². The number of aryl methyl sites for hydroxylation is 1. The highest BCUT2D eigenvalue weighted by Gasteiger charge is 2.15. The van der Waals surface area contributed by atoms with Gasteiger partial charge in [0.15, 0.2) is 11.5 Å². The molecule has 0 radical (unpaired) electrons. The van der Waals surface area contributed by atoms with Crippen molar-refractivity contribution in [3.63, 3.8) is 0 Å². The smallest absolute Gasteiger partial charge is 0.356 e. The van der Waals surface area contributed by atoms with Crippen LogP contribution >= 0.6 is 0 Å². The first-order valence-corrected chi connectivity index (χ1v) is 7.15. The summed E-state index contributed by atoms with van der Waals surface area (Å²) in [5, 5.41) is 9.04. The van der Waals surface area contributed by atoms with Gasteiger partial charge in [-0.1, -0.05) is 6.92 Å². The van der Waals surface area contributed by atoms with Gasteiger partial charge in [0.05, 0.1) is 0 Å².